The third kappa shape index (κ3) is 4.33. The molecule has 3 rings (SSSR count). The summed E-state index contributed by atoms with van der Waals surface area (Å²) in [5.74, 6) is 0. The molecule has 0 N–H and O–H groups in total. The van der Waals surface area contributed by atoms with Gasteiger partial charge in [0.15, 0.2) is 0 Å². The molecule has 2 aromatic carbocycles. The summed E-state index contributed by atoms with van der Waals surface area (Å²) in [4.78, 5) is 4.92. The molecule has 0 atom stereocenters. The molecule has 0 aliphatic carbocycles. The van der Waals surface area contributed by atoms with Crippen LogP contribution >= 0.6 is 11.6 Å². The smallest absolute Gasteiger partial charge is 0.0992 e. The number of halogens is 1. The molecule has 0 amide bonds. The van der Waals surface area contributed by atoms with Crippen LogP contribution in [0.5, 0.6) is 0 Å². The maximum absolute atomic E-state index is 8.90. The predicted molar refractivity (Wildman–Crippen MR) is 93.2 cm³/mol. The van der Waals surface area contributed by atoms with Gasteiger partial charge >= 0.3 is 0 Å². The van der Waals surface area contributed by atoms with E-state index < -0.39 is 0 Å². The number of benzene rings is 2. The first kappa shape index (κ1) is 16.0. The molecule has 0 unspecified atom stereocenters. The fourth-order valence-electron chi connectivity index (χ4n) is 2.93. The molecule has 1 heterocycles. The second kappa shape index (κ2) is 7.61. The lowest BCUT2D eigenvalue weighted by molar-refractivity contribution is 0.122. The van der Waals surface area contributed by atoms with E-state index in [9.17, 15) is 0 Å². The minimum absolute atomic E-state index is 0.617. The highest BCUT2D eigenvalue weighted by Crippen LogP contribution is 2.20. The van der Waals surface area contributed by atoms with Crippen LogP contribution in [0.15, 0.2) is 48.5 Å². The summed E-state index contributed by atoms with van der Waals surface area (Å²) >= 11 is 6.28. The van der Waals surface area contributed by atoms with Gasteiger partial charge in [0.05, 0.1) is 11.6 Å². The molecular weight excluding hydrogens is 306 g/mol. The van der Waals surface area contributed by atoms with E-state index in [0.29, 0.717) is 10.6 Å². The van der Waals surface area contributed by atoms with Crippen LogP contribution in [0.25, 0.3) is 0 Å². The van der Waals surface area contributed by atoms with Crippen molar-refractivity contribution in [2.24, 2.45) is 0 Å². The molecule has 4 heteroatoms. The third-order valence-electron chi connectivity index (χ3n) is 4.29. The van der Waals surface area contributed by atoms with Gasteiger partial charge in [-0.1, -0.05) is 48.0 Å². The van der Waals surface area contributed by atoms with Crippen LogP contribution in [-0.2, 0) is 13.1 Å². The fraction of sp³-hybridized carbons (Fsp3) is 0.316. The summed E-state index contributed by atoms with van der Waals surface area (Å²) in [5, 5.41) is 9.59. The van der Waals surface area contributed by atoms with Crippen molar-refractivity contribution < 1.29 is 0 Å². The summed E-state index contributed by atoms with van der Waals surface area (Å²) in [6.07, 6.45) is 0. The van der Waals surface area contributed by atoms with Crippen LogP contribution in [0.3, 0.4) is 0 Å². The quantitative estimate of drug-likeness (QED) is 0.861. The molecule has 23 heavy (non-hydrogen) atoms. The summed E-state index contributed by atoms with van der Waals surface area (Å²) < 4.78 is 0. The third-order valence-corrected chi connectivity index (χ3v) is 4.64. The van der Waals surface area contributed by atoms with E-state index in [1.807, 2.05) is 12.1 Å². The van der Waals surface area contributed by atoms with Crippen molar-refractivity contribution in [1.29, 1.82) is 5.26 Å². The van der Waals surface area contributed by atoms with Crippen molar-refractivity contribution in [3.8, 4) is 6.07 Å². The molecule has 0 aromatic heterocycles. The van der Waals surface area contributed by atoms with Gasteiger partial charge in [-0.2, -0.15) is 5.26 Å². The molecule has 1 aliphatic heterocycles. The zero-order valence-electron chi connectivity index (χ0n) is 13.1. The molecule has 1 saturated heterocycles. The lowest BCUT2D eigenvalue weighted by Gasteiger charge is -2.34. The van der Waals surface area contributed by atoms with Gasteiger partial charge in [0, 0.05) is 44.3 Å². The zero-order valence-corrected chi connectivity index (χ0v) is 13.8. The molecule has 1 fully saturated rings. The van der Waals surface area contributed by atoms with Gasteiger partial charge in [0.1, 0.15) is 0 Å². The standard InChI is InChI=1S/C19H20ClN3/c20-19-12-17(13-21)6-7-18(19)15-23-10-8-22(9-11-23)14-16-4-2-1-3-5-16/h1-7,12H,8-11,14-15H2. The number of nitriles is 1. The van der Waals surface area contributed by atoms with E-state index in [2.05, 4.69) is 46.2 Å². The summed E-state index contributed by atoms with van der Waals surface area (Å²) in [5.41, 5.74) is 3.09. The van der Waals surface area contributed by atoms with Crippen molar-refractivity contribution in [2.75, 3.05) is 26.2 Å². The number of hydrogen-bond donors (Lipinski definition) is 0. The monoisotopic (exact) mass is 325 g/mol. The van der Waals surface area contributed by atoms with Gasteiger partial charge in [-0.15, -0.1) is 0 Å². The maximum atomic E-state index is 8.90. The number of hydrogen-bond acceptors (Lipinski definition) is 3. The minimum atomic E-state index is 0.617. The van der Waals surface area contributed by atoms with Gasteiger partial charge in [0.2, 0.25) is 0 Å². The van der Waals surface area contributed by atoms with Crippen LogP contribution in [0.2, 0.25) is 5.02 Å². The molecule has 3 nitrogen and oxygen atoms in total. The van der Waals surface area contributed by atoms with Gasteiger partial charge in [-0.25, -0.2) is 0 Å². The summed E-state index contributed by atoms with van der Waals surface area (Å²) in [6, 6.07) is 18.3. The normalized spacial score (nSPS) is 16.2. The van der Waals surface area contributed by atoms with Gasteiger partial charge in [-0.05, 0) is 23.3 Å². The molecule has 2 aromatic rings. The number of nitrogens with zero attached hydrogens (tertiary/aromatic N) is 3. The van der Waals surface area contributed by atoms with E-state index in [0.717, 1.165) is 44.8 Å². The van der Waals surface area contributed by atoms with Crippen LogP contribution in [-0.4, -0.2) is 36.0 Å². The summed E-state index contributed by atoms with van der Waals surface area (Å²) in [6.45, 7) is 6.11. The van der Waals surface area contributed by atoms with Crippen LogP contribution in [0.1, 0.15) is 16.7 Å². The first-order chi connectivity index (χ1) is 11.2. The number of rotatable bonds is 4. The van der Waals surface area contributed by atoms with Gasteiger partial charge in [-0.3, -0.25) is 9.80 Å². The Hall–Kier alpha value is -1.86. The van der Waals surface area contributed by atoms with Crippen molar-refractivity contribution in [2.45, 2.75) is 13.1 Å². The highest BCUT2D eigenvalue weighted by molar-refractivity contribution is 6.31. The van der Waals surface area contributed by atoms with Gasteiger partial charge in [0.25, 0.3) is 0 Å². The maximum Gasteiger partial charge on any atom is 0.0992 e. The first-order valence-corrected chi connectivity index (χ1v) is 8.29. The van der Waals surface area contributed by atoms with E-state index in [4.69, 9.17) is 16.9 Å². The second-order valence-corrected chi connectivity index (χ2v) is 6.36. The Morgan fingerprint density at radius 1 is 0.913 bits per heavy atom. The molecule has 0 bridgehead atoms. The largest absolute Gasteiger partial charge is 0.297 e. The van der Waals surface area contributed by atoms with E-state index in [1.54, 1.807) is 6.07 Å². The second-order valence-electron chi connectivity index (χ2n) is 5.96. The Morgan fingerprint density at radius 2 is 1.57 bits per heavy atom. The molecule has 0 radical (unpaired) electrons. The number of piperazine rings is 1. The summed E-state index contributed by atoms with van der Waals surface area (Å²) in [7, 11) is 0. The Bertz CT molecular complexity index is 686. The molecule has 0 saturated carbocycles. The minimum Gasteiger partial charge on any atom is -0.297 e. The van der Waals surface area contributed by atoms with Crippen molar-refractivity contribution in [3.63, 3.8) is 0 Å². The lowest BCUT2D eigenvalue weighted by atomic mass is 10.1. The SMILES string of the molecule is N#Cc1ccc(CN2CCN(Cc3ccccc3)CC2)c(Cl)c1. The van der Waals surface area contributed by atoms with Gasteiger partial charge < -0.3 is 0 Å². The molecule has 118 valence electrons. The van der Waals surface area contributed by atoms with Crippen LogP contribution in [0, 0.1) is 11.3 Å². The highest BCUT2D eigenvalue weighted by Gasteiger charge is 2.17. The van der Waals surface area contributed by atoms with Crippen LogP contribution < -0.4 is 0 Å². The Balaban J connectivity index is 1.52. The van der Waals surface area contributed by atoms with Crippen molar-refractivity contribution >= 4 is 11.6 Å². The Morgan fingerprint density at radius 3 is 2.17 bits per heavy atom. The molecular formula is C19H20ClN3. The lowest BCUT2D eigenvalue weighted by Crippen LogP contribution is -2.45. The van der Waals surface area contributed by atoms with Crippen molar-refractivity contribution in [1.82, 2.24) is 9.80 Å². The highest BCUT2D eigenvalue weighted by atomic mass is 35.5. The van der Waals surface area contributed by atoms with E-state index in [-0.39, 0.29) is 0 Å². The van der Waals surface area contributed by atoms with Crippen LogP contribution in [0.4, 0.5) is 0 Å². The Kier molecular flexibility index (Phi) is 5.30. The Labute approximate surface area is 142 Å². The van der Waals surface area contributed by atoms with E-state index >= 15 is 0 Å². The predicted octanol–water partition coefficient (Wildman–Crippen LogP) is 3.53. The fourth-order valence-corrected chi connectivity index (χ4v) is 3.17. The zero-order chi connectivity index (χ0) is 16.1. The average Bonchev–Trinajstić information content (AvgIpc) is 2.59. The average molecular weight is 326 g/mol. The van der Waals surface area contributed by atoms with E-state index in [1.165, 1.54) is 5.56 Å². The topological polar surface area (TPSA) is 30.3 Å². The molecule has 0 spiro atoms. The molecule has 1 aliphatic rings. The van der Waals surface area contributed by atoms with Crippen molar-refractivity contribution in [3.05, 3.63) is 70.2 Å². The first-order valence-electron chi connectivity index (χ1n) is 7.92.